The number of anilines is 1. The number of nitrogens with zero attached hydrogens (tertiary/aromatic N) is 3. The maximum atomic E-state index is 13.6. The van der Waals surface area contributed by atoms with Crippen molar-refractivity contribution in [1.29, 1.82) is 0 Å². The SMILES string of the molecule is CCCN(CC(=O)N1CCn2cccc2[C@H]1c1ccc(C)cc1)C(=O)Nc1ccc(SC)cc1. The molecular weight excluding hydrogens is 444 g/mol. The van der Waals surface area contributed by atoms with Gasteiger partial charge in [-0.15, -0.1) is 11.8 Å². The van der Waals surface area contributed by atoms with Crippen LogP contribution in [0.1, 0.15) is 36.2 Å². The third-order valence-electron chi connectivity index (χ3n) is 6.20. The summed E-state index contributed by atoms with van der Waals surface area (Å²) in [5, 5.41) is 2.95. The number of carbonyl (C=O) groups excluding carboxylic acids is 2. The summed E-state index contributed by atoms with van der Waals surface area (Å²) < 4.78 is 2.21. The Labute approximate surface area is 205 Å². The van der Waals surface area contributed by atoms with Gasteiger partial charge in [-0.2, -0.15) is 0 Å². The quantitative estimate of drug-likeness (QED) is 0.465. The fourth-order valence-electron chi connectivity index (χ4n) is 4.40. The summed E-state index contributed by atoms with van der Waals surface area (Å²) >= 11 is 1.65. The van der Waals surface area contributed by atoms with Crippen LogP contribution in [-0.2, 0) is 11.3 Å². The normalized spacial score (nSPS) is 15.0. The Kier molecular flexibility index (Phi) is 7.63. The molecule has 34 heavy (non-hydrogen) atoms. The Morgan fingerprint density at radius 3 is 2.47 bits per heavy atom. The zero-order chi connectivity index (χ0) is 24.1. The van der Waals surface area contributed by atoms with E-state index >= 15 is 0 Å². The molecule has 1 N–H and O–H groups in total. The Balaban J connectivity index is 1.52. The molecule has 1 aliphatic rings. The van der Waals surface area contributed by atoms with Crippen LogP contribution in [0.25, 0.3) is 0 Å². The van der Waals surface area contributed by atoms with Crippen LogP contribution in [0.4, 0.5) is 10.5 Å². The number of hydrogen-bond donors (Lipinski definition) is 1. The molecule has 0 saturated heterocycles. The summed E-state index contributed by atoms with van der Waals surface area (Å²) in [6.07, 6.45) is 4.86. The molecule has 2 heterocycles. The average Bonchev–Trinajstić information content (AvgIpc) is 3.33. The highest BCUT2D eigenvalue weighted by molar-refractivity contribution is 7.98. The summed E-state index contributed by atoms with van der Waals surface area (Å²) in [6.45, 7) is 5.99. The zero-order valence-electron chi connectivity index (χ0n) is 20.0. The minimum atomic E-state index is -0.251. The van der Waals surface area contributed by atoms with Gasteiger partial charge < -0.3 is 19.7 Å². The van der Waals surface area contributed by atoms with Crippen LogP contribution in [-0.4, -0.2) is 52.2 Å². The van der Waals surface area contributed by atoms with Crippen molar-refractivity contribution in [2.75, 3.05) is 31.2 Å². The molecule has 0 saturated carbocycles. The lowest BCUT2D eigenvalue weighted by Gasteiger charge is -2.38. The average molecular weight is 477 g/mol. The second-order valence-corrected chi connectivity index (χ2v) is 9.49. The minimum absolute atomic E-state index is 0.0423. The summed E-state index contributed by atoms with van der Waals surface area (Å²) in [5.41, 5.74) is 4.09. The summed E-state index contributed by atoms with van der Waals surface area (Å²) in [6, 6.07) is 19.8. The summed E-state index contributed by atoms with van der Waals surface area (Å²) in [5.74, 6) is -0.0423. The van der Waals surface area contributed by atoms with E-state index in [1.807, 2.05) is 48.4 Å². The molecule has 1 aromatic heterocycles. The zero-order valence-corrected chi connectivity index (χ0v) is 20.8. The predicted molar refractivity (Wildman–Crippen MR) is 138 cm³/mol. The number of hydrogen-bond acceptors (Lipinski definition) is 3. The maximum Gasteiger partial charge on any atom is 0.322 e. The molecule has 0 unspecified atom stereocenters. The largest absolute Gasteiger partial charge is 0.348 e. The number of urea groups is 1. The lowest BCUT2D eigenvalue weighted by Crippen LogP contribution is -2.48. The van der Waals surface area contributed by atoms with Crippen LogP contribution in [0, 0.1) is 6.92 Å². The van der Waals surface area contributed by atoms with E-state index in [2.05, 4.69) is 53.3 Å². The third-order valence-corrected chi connectivity index (χ3v) is 6.94. The molecule has 0 fully saturated rings. The van der Waals surface area contributed by atoms with E-state index in [0.29, 0.717) is 13.1 Å². The lowest BCUT2D eigenvalue weighted by atomic mass is 9.98. The van der Waals surface area contributed by atoms with E-state index < -0.39 is 0 Å². The van der Waals surface area contributed by atoms with Gasteiger partial charge in [0.15, 0.2) is 0 Å². The van der Waals surface area contributed by atoms with E-state index in [-0.39, 0.29) is 24.5 Å². The number of amides is 3. The molecule has 3 aromatic rings. The summed E-state index contributed by atoms with van der Waals surface area (Å²) in [4.78, 5) is 31.3. The first kappa shape index (κ1) is 24.0. The van der Waals surface area contributed by atoms with Crippen LogP contribution in [0.2, 0.25) is 0 Å². The van der Waals surface area contributed by atoms with E-state index in [9.17, 15) is 9.59 Å². The van der Waals surface area contributed by atoms with Gasteiger partial charge in [0.25, 0.3) is 0 Å². The molecule has 4 rings (SSSR count). The molecule has 1 aliphatic heterocycles. The van der Waals surface area contributed by atoms with E-state index in [1.54, 1.807) is 16.7 Å². The van der Waals surface area contributed by atoms with Gasteiger partial charge in [0.2, 0.25) is 5.91 Å². The molecule has 178 valence electrons. The van der Waals surface area contributed by atoms with Gasteiger partial charge in [-0.3, -0.25) is 4.79 Å². The van der Waals surface area contributed by atoms with Crippen molar-refractivity contribution < 1.29 is 9.59 Å². The first-order valence-electron chi connectivity index (χ1n) is 11.7. The number of benzene rings is 2. The Bertz CT molecular complexity index is 1120. The first-order valence-corrected chi connectivity index (χ1v) is 12.9. The Morgan fingerprint density at radius 1 is 1.06 bits per heavy atom. The Hall–Kier alpha value is -3.19. The highest BCUT2D eigenvalue weighted by Crippen LogP contribution is 2.32. The number of rotatable bonds is 7. The fraction of sp³-hybridized carbons (Fsp3) is 0.333. The van der Waals surface area contributed by atoms with Crippen molar-refractivity contribution >= 4 is 29.4 Å². The molecule has 3 amide bonds. The second kappa shape index (κ2) is 10.8. The van der Waals surface area contributed by atoms with Crippen LogP contribution >= 0.6 is 11.8 Å². The molecule has 7 heteroatoms. The molecule has 1 atom stereocenters. The fourth-order valence-corrected chi connectivity index (χ4v) is 4.81. The molecule has 0 spiro atoms. The van der Waals surface area contributed by atoms with Gasteiger partial charge in [0, 0.05) is 42.1 Å². The van der Waals surface area contributed by atoms with Gasteiger partial charge in [0.05, 0.1) is 6.04 Å². The van der Waals surface area contributed by atoms with Gasteiger partial charge in [-0.25, -0.2) is 4.79 Å². The van der Waals surface area contributed by atoms with Crippen LogP contribution in [0.3, 0.4) is 0 Å². The monoisotopic (exact) mass is 476 g/mol. The van der Waals surface area contributed by atoms with Crippen molar-refractivity contribution in [3.8, 4) is 0 Å². The Morgan fingerprint density at radius 2 is 1.79 bits per heavy atom. The van der Waals surface area contributed by atoms with Crippen molar-refractivity contribution in [2.24, 2.45) is 0 Å². The smallest absolute Gasteiger partial charge is 0.322 e. The molecule has 6 nitrogen and oxygen atoms in total. The lowest BCUT2D eigenvalue weighted by molar-refractivity contribution is -0.134. The first-order chi connectivity index (χ1) is 16.5. The van der Waals surface area contributed by atoms with Gasteiger partial charge in [-0.1, -0.05) is 36.8 Å². The number of aryl methyl sites for hydroxylation is 1. The second-order valence-electron chi connectivity index (χ2n) is 8.61. The maximum absolute atomic E-state index is 13.6. The third kappa shape index (κ3) is 5.30. The molecule has 0 radical (unpaired) electrons. The molecule has 0 aliphatic carbocycles. The number of thioether (sulfide) groups is 1. The molecule has 0 bridgehead atoms. The number of fused-ring (bicyclic) bond motifs is 1. The van der Waals surface area contributed by atoms with E-state index in [0.717, 1.165) is 34.8 Å². The van der Waals surface area contributed by atoms with E-state index in [4.69, 9.17) is 0 Å². The van der Waals surface area contributed by atoms with Crippen molar-refractivity contribution in [1.82, 2.24) is 14.4 Å². The van der Waals surface area contributed by atoms with Gasteiger partial charge >= 0.3 is 6.03 Å². The van der Waals surface area contributed by atoms with Crippen molar-refractivity contribution in [3.63, 3.8) is 0 Å². The van der Waals surface area contributed by atoms with E-state index in [1.165, 1.54) is 5.56 Å². The number of nitrogens with one attached hydrogen (secondary N) is 1. The summed E-state index contributed by atoms with van der Waals surface area (Å²) in [7, 11) is 0. The standard InChI is InChI=1S/C27H32N4O2S/c1-4-15-30(27(33)28-22-11-13-23(34-3)14-12-22)19-25(32)31-18-17-29-16-5-6-24(29)26(31)21-9-7-20(2)8-10-21/h5-14,16,26H,4,15,17-19H2,1-3H3,(H,28,33)/t26-/m1/s1. The highest BCUT2D eigenvalue weighted by atomic mass is 32.2. The number of carbonyl (C=O) groups is 2. The topological polar surface area (TPSA) is 57.6 Å². The number of aromatic nitrogens is 1. The highest BCUT2D eigenvalue weighted by Gasteiger charge is 2.33. The molecular formula is C27H32N4O2S. The predicted octanol–water partition coefficient (Wildman–Crippen LogP) is 5.39. The van der Waals surface area contributed by atoms with Gasteiger partial charge in [-0.05, 0) is 61.6 Å². The van der Waals surface area contributed by atoms with Crippen molar-refractivity contribution in [3.05, 3.63) is 83.7 Å². The van der Waals surface area contributed by atoms with Crippen molar-refractivity contribution in [2.45, 2.75) is 37.8 Å². The van der Waals surface area contributed by atoms with Gasteiger partial charge in [0.1, 0.15) is 6.54 Å². The van der Waals surface area contributed by atoms with Crippen LogP contribution in [0.5, 0.6) is 0 Å². The van der Waals surface area contributed by atoms with Crippen LogP contribution in [0.15, 0.2) is 71.8 Å². The van der Waals surface area contributed by atoms with Crippen LogP contribution < -0.4 is 5.32 Å². The molecule has 2 aromatic carbocycles. The minimum Gasteiger partial charge on any atom is -0.348 e.